The Bertz CT molecular complexity index is 508. The number of nitrogens with zero attached hydrogens (tertiary/aromatic N) is 1. The zero-order valence-corrected chi connectivity index (χ0v) is 13.1. The fourth-order valence-electron chi connectivity index (χ4n) is 3.19. The third-order valence-electron chi connectivity index (χ3n) is 4.37. The van der Waals surface area contributed by atoms with E-state index in [4.69, 9.17) is 9.47 Å². The molecule has 1 aliphatic carbocycles. The van der Waals surface area contributed by atoms with E-state index in [9.17, 15) is 4.79 Å². The fraction of sp³-hybridized carbons (Fsp3) is 0.688. The van der Waals surface area contributed by atoms with E-state index in [2.05, 4.69) is 10.6 Å². The molecule has 1 saturated heterocycles. The summed E-state index contributed by atoms with van der Waals surface area (Å²) in [6, 6.07) is 1.82. The van der Waals surface area contributed by atoms with Gasteiger partial charge < -0.3 is 24.7 Å². The molecule has 2 N–H and O–H groups in total. The van der Waals surface area contributed by atoms with Gasteiger partial charge in [-0.2, -0.15) is 0 Å². The molecular weight excluding hydrogens is 282 g/mol. The van der Waals surface area contributed by atoms with E-state index in [1.165, 1.54) is 6.42 Å². The predicted octanol–water partition coefficient (Wildman–Crippen LogP) is 1.90. The van der Waals surface area contributed by atoms with Crippen LogP contribution in [0.2, 0.25) is 0 Å². The molecule has 1 atom stereocenters. The molecule has 2 amide bonds. The number of nitrogens with one attached hydrogen (secondary N) is 2. The average molecular weight is 307 g/mol. The van der Waals surface area contributed by atoms with Gasteiger partial charge in [0.2, 0.25) is 0 Å². The van der Waals surface area contributed by atoms with E-state index in [1.807, 2.05) is 30.1 Å². The summed E-state index contributed by atoms with van der Waals surface area (Å²) >= 11 is 0. The number of carbonyl (C=O) groups is 1. The van der Waals surface area contributed by atoms with Gasteiger partial charge in [0, 0.05) is 45.4 Å². The van der Waals surface area contributed by atoms with Crippen LogP contribution in [0, 0.1) is 0 Å². The van der Waals surface area contributed by atoms with Crippen LogP contribution in [-0.4, -0.2) is 35.6 Å². The van der Waals surface area contributed by atoms with E-state index in [-0.39, 0.29) is 17.9 Å². The van der Waals surface area contributed by atoms with Gasteiger partial charge in [0.05, 0.1) is 6.61 Å². The van der Waals surface area contributed by atoms with Crippen molar-refractivity contribution in [2.24, 2.45) is 7.05 Å². The Morgan fingerprint density at radius 3 is 2.91 bits per heavy atom. The van der Waals surface area contributed by atoms with Crippen LogP contribution >= 0.6 is 0 Å². The molecule has 2 heterocycles. The van der Waals surface area contributed by atoms with Gasteiger partial charge >= 0.3 is 6.03 Å². The molecule has 22 heavy (non-hydrogen) atoms. The summed E-state index contributed by atoms with van der Waals surface area (Å²) in [6.07, 6.45) is 9.45. The van der Waals surface area contributed by atoms with Gasteiger partial charge in [0.25, 0.3) is 0 Å². The number of hydrogen-bond acceptors (Lipinski definition) is 3. The molecule has 6 heteroatoms. The SMILES string of the molecule is Cn1ccc(CNC(=O)NC[C@@H]2COC3(CCCCC3)O2)c1. The van der Waals surface area contributed by atoms with Crippen LogP contribution in [-0.2, 0) is 23.1 Å². The molecule has 1 aromatic rings. The van der Waals surface area contributed by atoms with Gasteiger partial charge in [-0.15, -0.1) is 0 Å². The largest absolute Gasteiger partial charge is 0.357 e. The molecule has 2 fully saturated rings. The van der Waals surface area contributed by atoms with Gasteiger partial charge in [-0.05, 0) is 24.5 Å². The van der Waals surface area contributed by atoms with Crippen LogP contribution in [0.5, 0.6) is 0 Å². The van der Waals surface area contributed by atoms with E-state index in [0.717, 1.165) is 31.2 Å². The van der Waals surface area contributed by atoms with Crippen LogP contribution in [0.15, 0.2) is 18.5 Å². The Hall–Kier alpha value is -1.53. The van der Waals surface area contributed by atoms with Crippen molar-refractivity contribution in [2.45, 2.75) is 50.5 Å². The predicted molar refractivity (Wildman–Crippen MR) is 82.3 cm³/mol. The van der Waals surface area contributed by atoms with Gasteiger partial charge in [0.15, 0.2) is 5.79 Å². The van der Waals surface area contributed by atoms with Crippen LogP contribution in [0.25, 0.3) is 0 Å². The van der Waals surface area contributed by atoms with Crippen LogP contribution < -0.4 is 10.6 Å². The van der Waals surface area contributed by atoms with Crippen LogP contribution in [0.4, 0.5) is 4.79 Å². The van der Waals surface area contributed by atoms with Crippen molar-refractivity contribution >= 4 is 6.03 Å². The molecule has 1 spiro atoms. The summed E-state index contributed by atoms with van der Waals surface area (Å²) in [7, 11) is 1.96. The molecule has 1 aliphatic heterocycles. The number of carbonyl (C=O) groups excluding carboxylic acids is 1. The summed E-state index contributed by atoms with van der Waals surface area (Å²) in [4.78, 5) is 11.8. The molecule has 6 nitrogen and oxygen atoms in total. The first-order valence-corrected chi connectivity index (χ1v) is 8.10. The maximum Gasteiger partial charge on any atom is 0.315 e. The van der Waals surface area contributed by atoms with E-state index >= 15 is 0 Å². The highest BCUT2D eigenvalue weighted by molar-refractivity contribution is 5.73. The smallest absolute Gasteiger partial charge is 0.315 e. The number of amides is 2. The lowest BCUT2D eigenvalue weighted by molar-refractivity contribution is -0.186. The normalized spacial score (nSPS) is 23.6. The van der Waals surface area contributed by atoms with E-state index < -0.39 is 0 Å². The second kappa shape index (κ2) is 6.71. The van der Waals surface area contributed by atoms with Crippen molar-refractivity contribution in [3.05, 3.63) is 24.0 Å². The topological polar surface area (TPSA) is 64.5 Å². The maximum atomic E-state index is 11.8. The molecule has 0 unspecified atom stereocenters. The van der Waals surface area contributed by atoms with Crippen molar-refractivity contribution < 1.29 is 14.3 Å². The molecule has 3 rings (SSSR count). The molecule has 1 aromatic heterocycles. The Kier molecular flexibility index (Phi) is 4.69. The standard InChI is InChI=1S/C16H25N3O3/c1-19-8-5-13(11-19)9-17-15(20)18-10-14-12-21-16(22-14)6-3-2-4-7-16/h5,8,11,14H,2-4,6-7,9-10,12H2,1H3,(H2,17,18,20)/t14-/m1/s1. The third-order valence-corrected chi connectivity index (χ3v) is 4.37. The van der Waals surface area contributed by atoms with Crippen molar-refractivity contribution in [2.75, 3.05) is 13.2 Å². The molecule has 0 bridgehead atoms. The van der Waals surface area contributed by atoms with Gasteiger partial charge in [-0.1, -0.05) is 6.42 Å². The lowest BCUT2D eigenvalue weighted by Gasteiger charge is -2.31. The number of urea groups is 1. The third kappa shape index (κ3) is 3.81. The Balaban J connectivity index is 1.36. The molecule has 122 valence electrons. The summed E-state index contributed by atoms with van der Waals surface area (Å²) < 4.78 is 13.9. The van der Waals surface area contributed by atoms with Crippen molar-refractivity contribution in [1.82, 2.24) is 15.2 Å². The summed E-state index contributed by atoms with van der Waals surface area (Å²) in [5, 5.41) is 5.71. The highest BCUT2D eigenvalue weighted by Gasteiger charge is 2.42. The number of ether oxygens (including phenoxy) is 2. The second-order valence-corrected chi connectivity index (χ2v) is 6.27. The molecular formula is C16H25N3O3. The fourth-order valence-corrected chi connectivity index (χ4v) is 3.19. The minimum atomic E-state index is -0.370. The quantitative estimate of drug-likeness (QED) is 0.893. The van der Waals surface area contributed by atoms with Gasteiger partial charge in [0.1, 0.15) is 6.10 Å². The second-order valence-electron chi connectivity index (χ2n) is 6.27. The average Bonchev–Trinajstić information content (AvgIpc) is 3.11. The van der Waals surface area contributed by atoms with Crippen molar-refractivity contribution in [1.29, 1.82) is 0 Å². The summed E-state index contributed by atoms with van der Waals surface area (Å²) in [5.41, 5.74) is 1.08. The van der Waals surface area contributed by atoms with E-state index in [1.54, 1.807) is 0 Å². The maximum absolute atomic E-state index is 11.8. The highest BCUT2D eigenvalue weighted by atomic mass is 16.7. The minimum absolute atomic E-state index is 0.0411. The molecule has 0 radical (unpaired) electrons. The van der Waals surface area contributed by atoms with Crippen molar-refractivity contribution in [3.8, 4) is 0 Å². The minimum Gasteiger partial charge on any atom is -0.357 e. The Labute approximate surface area is 131 Å². The van der Waals surface area contributed by atoms with E-state index in [0.29, 0.717) is 19.7 Å². The monoisotopic (exact) mass is 307 g/mol. The first kappa shape index (κ1) is 15.4. The lowest BCUT2D eigenvalue weighted by Crippen LogP contribution is -2.41. The first-order chi connectivity index (χ1) is 10.7. The first-order valence-electron chi connectivity index (χ1n) is 8.10. The molecule has 2 aliphatic rings. The highest BCUT2D eigenvalue weighted by Crippen LogP contribution is 2.37. The van der Waals surface area contributed by atoms with Crippen molar-refractivity contribution in [3.63, 3.8) is 0 Å². The van der Waals surface area contributed by atoms with Crippen LogP contribution in [0.3, 0.4) is 0 Å². The number of aryl methyl sites for hydroxylation is 1. The summed E-state index contributed by atoms with van der Waals surface area (Å²) in [5.74, 6) is -0.370. The number of rotatable bonds is 4. The Morgan fingerprint density at radius 1 is 1.36 bits per heavy atom. The molecule has 0 aromatic carbocycles. The lowest BCUT2D eigenvalue weighted by atomic mass is 9.94. The summed E-state index contributed by atoms with van der Waals surface area (Å²) in [6.45, 7) is 1.58. The van der Waals surface area contributed by atoms with Gasteiger partial charge in [-0.3, -0.25) is 0 Å². The molecule has 1 saturated carbocycles. The number of aromatic nitrogens is 1. The zero-order chi connectivity index (χ0) is 15.4. The zero-order valence-electron chi connectivity index (χ0n) is 13.1. The number of hydrogen-bond donors (Lipinski definition) is 2. The Morgan fingerprint density at radius 2 is 2.18 bits per heavy atom. The van der Waals surface area contributed by atoms with Gasteiger partial charge in [-0.25, -0.2) is 4.79 Å². The van der Waals surface area contributed by atoms with Crippen LogP contribution in [0.1, 0.15) is 37.7 Å².